The summed E-state index contributed by atoms with van der Waals surface area (Å²) < 4.78 is 7.57. The Morgan fingerprint density at radius 3 is 3.21 bits per heavy atom. The zero-order valence-corrected chi connectivity index (χ0v) is 8.79. The van der Waals surface area contributed by atoms with E-state index in [9.17, 15) is 0 Å². The summed E-state index contributed by atoms with van der Waals surface area (Å²) >= 11 is 0. The van der Waals surface area contributed by atoms with Gasteiger partial charge in [-0.05, 0) is 19.8 Å². The molecule has 1 N–H and O–H groups in total. The monoisotopic (exact) mass is 195 g/mol. The summed E-state index contributed by atoms with van der Waals surface area (Å²) in [5.74, 6) is 1.10. The maximum atomic E-state index is 5.58. The lowest BCUT2D eigenvalue weighted by molar-refractivity contribution is 0.0945. The third kappa shape index (κ3) is 1.75. The minimum absolute atomic E-state index is 0.349. The fourth-order valence-electron chi connectivity index (χ4n) is 1.92. The lowest BCUT2D eigenvalue weighted by Crippen LogP contribution is -2.17. The SMILES string of the molecule is CNc1c(C)cnn1CC1CCCO1. The van der Waals surface area contributed by atoms with E-state index in [-0.39, 0.29) is 0 Å². The molecule has 2 heterocycles. The average molecular weight is 195 g/mol. The Balaban J connectivity index is 2.07. The van der Waals surface area contributed by atoms with E-state index >= 15 is 0 Å². The van der Waals surface area contributed by atoms with Gasteiger partial charge in [-0.15, -0.1) is 0 Å². The molecule has 1 aliphatic rings. The number of rotatable bonds is 3. The summed E-state index contributed by atoms with van der Waals surface area (Å²) in [6.07, 6.45) is 4.57. The number of hydrogen-bond donors (Lipinski definition) is 1. The molecule has 1 saturated heterocycles. The molecule has 1 fully saturated rings. The predicted octanol–water partition coefficient (Wildman–Crippen LogP) is 1.41. The second-order valence-electron chi connectivity index (χ2n) is 3.74. The van der Waals surface area contributed by atoms with E-state index in [1.807, 2.05) is 17.9 Å². The number of aromatic nitrogens is 2. The van der Waals surface area contributed by atoms with Gasteiger partial charge in [-0.3, -0.25) is 0 Å². The molecule has 0 aliphatic carbocycles. The van der Waals surface area contributed by atoms with Crippen molar-refractivity contribution in [2.24, 2.45) is 0 Å². The van der Waals surface area contributed by atoms with Crippen LogP contribution in [-0.4, -0.2) is 29.5 Å². The van der Waals surface area contributed by atoms with E-state index in [0.717, 1.165) is 25.4 Å². The fraction of sp³-hybridized carbons (Fsp3) is 0.700. The van der Waals surface area contributed by atoms with Gasteiger partial charge in [0.25, 0.3) is 0 Å². The molecule has 1 aromatic rings. The molecule has 1 atom stereocenters. The first-order valence-electron chi connectivity index (χ1n) is 5.13. The molecule has 1 aliphatic heterocycles. The minimum Gasteiger partial charge on any atom is -0.376 e. The molecular formula is C10H17N3O. The first kappa shape index (κ1) is 9.52. The van der Waals surface area contributed by atoms with E-state index in [4.69, 9.17) is 4.74 Å². The lowest BCUT2D eigenvalue weighted by atomic mass is 10.2. The summed E-state index contributed by atoms with van der Waals surface area (Å²) in [5, 5.41) is 7.49. The Morgan fingerprint density at radius 1 is 1.71 bits per heavy atom. The highest BCUT2D eigenvalue weighted by Gasteiger charge is 2.17. The Morgan fingerprint density at radius 2 is 2.57 bits per heavy atom. The van der Waals surface area contributed by atoms with Gasteiger partial charge in [-0.2, -0.15) is 5.10 Å². The van der Waals surface area contributed by atoms with Crippen LogP contribution in [0.25, 0.3) is 0 Å². The standard InChI is InChI=1S/C10H17N3O/c1-8-6-12-13(10(8)11-2)7-9-4-3-5-14-9/h6,9,11H,3-5,7H2,1-2H3. The van der Waals surface area contributed by atoms with Crippen LogP contribution in [0.1, 0.15) is 18.4 Å². The van der Waals surface area contributed by atoms with Crippen molar-refractivity contribution < 1.29 is 4.74 Å². The van der Waals surface area contributed by atoms with Crippen LogP contribution in [0.4, 0.5) is 5.82 Å². The summed E-state index contributed by atoms with van der Waals surface area (Å²) in [6.45, 7) is 3.83. The van der Waals surface area contributed by atoms with E-state index in [2.05, 4.69) is 17.3 Å². The summed E-state index contributed by atoms with van der Waals surface area (Å²) in [7, 11) is 1.93. The van der Waals surface area contributed by atoms with Crippen LogP contribution in [0, 0.1) is 6.92 Å². The minimum atomic E-state index is 0.349. The van der Waals surface area contributed by atoms with Gasteiger partial charge in [-0.1, -0.05) is 0 Å². The Labute approximate surface area is 84.3 Å². The third-order valence-corrected chi connectivity index (χ3v) is 2.66. The normalized spacial score (nSPS) is 21.4. The van der Waals surface area contributed by atoms with Crippen LogP contribution in [0.2, 0.25) is 0 Å². The third-order valence-electron chi connectivity index (χ3n) is 2.66. The van der Waals surface area contributed by atoms with Crippen LogP contribution in [0.5, 0.6) is 0 Å². The van der Waals surface area contributed by atoms with E-state index in [1.165, 1.54) is 12.0 Å². The molecule has 4 heteroatoms. The van der Waals surface area contributed by atoms with Gasteiger partial charge in [0.05, 0.1) is 18.8 Å². The molecule has 14 heavy (non-hydrogen) atoms. The highest BCUT2D eigenvalue weighted by molar-refractivity contribution is 5.42. The number of nitrogens with zero attached hydrogens (tertiary/aromatic N) is 2. The highest BCUT2D eigenvalue weighted by atomic mass is 16.5. The molecule has 0 spiro atoms. The molecule has 0 radical (unpaired) electrons. The Kier molecular flexibility index (Phi) is 2.72. The summed E-state index contributed by atoms with van der Waals surface area (Å²) in [6, 6.07) is 0. The van der Waals surface area contributed by atoms with E-state index < -0.39 is 0 Å². The smallest absolute Gasteiger partial charge is 0.127 e. The number of anilines is 1. The maximum absolute atomic E-state index is 5.58. The number of ether oxygens (including phenoxy) is 1. The van der Waals surface area contributed by atoms with E-state index in [1.54, 1.807) is 0 Å². The second kappa shape index (κ2) is 4.00. The Hall–Kier alpha value is -1.03. The molecular weight excluding hydrogens is 178 g/mol. The molecule has 2 rings (SSSR count). The molecule has 0 bridgehead atoms. The maximum Gasteiger partial charge on any atom is 0.127 e. The Bertz CT molecular complexity index is 302. The van der Waals surface area contributed by atoms with Crippen LogP contribution < -0.4 is 5.32 Å². The van der Waals surface area contributed by atoms with Crippen molar-refractivity contribution in [1.29, 1.82) is 0 Å². The van der Waals surface area contributed by atoms with Crippen molar-refractivity contribution in [2.75, 3.05) is 19.0 Å². The van der Waals surface area contributed by atoms with Crippen molar-refractivity contribution in [3.8, 4) is 0 Å². The lowest BCUT2D eigenvalue weighted by Gasteiger charge is -2.12. The number of aryl methyl sites for hydroxylation is 1. The number of nitrogens with one attached hydrogen (secondary N) is 1. The number of hydrogen-bond acceptors (Lipinski definition) is 3. The van der Waals surface area contributed by atoms with Gasteiger partial charge in [-0.25, -0.2) is 4.68 Å². The van der Waals surface area contributed by atoms with Gasteiger partial charge in [0.1, 0.15) is 5.82 Å². The van der Waals surface area contributed by atoms with Crippen molar-refractivity contribution in [3.63, 3.8) is 0 Å². The average Bonchev–Trinajstić information content (AvgIpc) is 2.77. The van der Waals surface area contributed by atoms with Gasteiger partial charge < -0.3 is 10.1 Å². The van der Waals surface area contributed by atoms with Crippen LogP contribution in [0.15, 0.2) is 6.20 Å². The molecule has 78 valence electrons. The van der Waals surface area contributed by atoms with Crippen LogP contribution >= 0.6 is 0 Å². The molecule has 0 saturated carbocycles. The van der Waals surface area contributed by atoms with Crippen molar-refractivity contribution in [2.45, 2.75) is 32.4 Å². The van der Waals surface area contributed by atoms with Crippen molar-refractivity contribution >= 4 is 5.82 Å². The van der Waals surface area contributed by atoms with Crippen LogP contribution in [-0.2, 0) is 11.3 Å². The van der Waals surface area contributed by atoms with Gasteiger partial charge in [0.15, 0.2) is 0 Å². The summed E-state index contributed by atoms with van der Waals surface area (Å²) in [5.41, 5.74) is 1.19. The van der Waals surface area contributed by atoms with E-state index in [0.29, 0.717) is 6.10 Å². The molecule has 1 aromatic heterocycles. The molecule has 4 nitrogen and oxygen atoms in total. The predicted molar refractivity (Wildman–Crippen MR) is 55.5 cm³/mol. The van der Waals surface area contributed by atoms with Gasteiger partial charge >= 0.3 is 0 Å². The van der Waals surface area contributed by atoms with Crippen molar-refractivity contribution in [1.82, 2.24) is 9.78 Å². The largest absolute Gasteiger partial charge is 0.376 e. The quantitative estimate of drug-likeness (QED) is 0.792. The fourth-order valence-corrected chi connectivity index (χ4v) is 1.92. The van der Waals surface area contributed by atoms with Gasteiger partial charge in [0.2, 0.25) is 0 Å². The molecule has 0 aromatic carbocycles. The second-order valence-corrected chi connectivity index (χ2v) is 3.74. The zero-order valence-electron chi connectivity index (χ0n) is 8.79. The molecule has 0 amide bonds. The zero-order chi connectivity index (χ0) is 9.97. The van der Waals surface area contributed by atoms with Crippen LogP contribution in [0.3, 0.4) is 0 Å². The highest BCUT2D eigenvalue weighted by Crippen LogP contribution is 2.18. The molecule has 1 unspecified atom stereocenters. The first-order chi connectivity index (χ1) is 6.81. The van der Waals surface area contributed by atoms with Crippen molar-refractivity contribution in [3.05, 3.63) is 11.8 Å². The van der Waals surface area contributed by atoms with Gasteiger partial charge in [0, 0.05) is 19.2 Å². The topological polar surface area (TPSA) is 39.1 Å². The summed E-state index contributed by atoms with van der Waals surface area (Å²) in [4.78, 5) is 0. The first-order valence-corrected chi connectivity index (χ1v) is 5.13.